The van der Waals surface area contributed by atoms with E-state index in [1.54, 1.807) is 11.3 Å². The molecule has 0 radical (unpaired) electrons. The van der Waals surface area contributed by atoms with Crippen molar-refractivity contribution in [2.24, 2.45) is 4.99 Å². The molecule has 39 heavy (non-hydrogen) atoms. The van der Waals surface area contributed by atoms with Crippen LogP contribution >= 0.6 is 32.1 Å². The topological polar surface area (TPSA) is 57.2 Å². The number of H-pyrrole nitrogens is 1. The Labute approximate surface area is 240 Å². The average molecular weight is 656 g/mol. The Hall–Kier alpha value is -2.89. The van der Waals surface area contributed by atoms with Gasteiger partial charge >= 0.3 is 0 Å². The molecule has 1 N–H and O–H groups in total. The Balaban J connectivity index is 1.34. The van der Waals surface area contributed by atoms with Crippen LogP contribution in [0.25, 0.3) is 27.7 Å². The molecule has 0 atom stereocenters. The summed E-state index contributed by atoms with van der Waals surface area (Å²) in [4.78, 5) is 19.7. The molecule has 9 heteroatoms. The number of fused-ring (bicyclic) bond motifs is 1. The summed E-state index contributed by atoms with van der Waals surface area (Å²) in [5, 5.41) is 4.16. The number of aromatic nitrogens is 3. The van der Waals surface area contributed by atoms with Crippen LogP contribution in [-0.4, -0.2) is 61.7 Å². The molecule has 3 aromatic heterocycles. The van der Waals surface area contributed by atoms with Crippen LogP contribution in [0, 0.1) is 6.92 Å². The number of aromatic amines is 1. The fraction of sp³-hybridized carbons (Fsp3) is 0.267. The number of thiophene rings is 1. The van der Waals surface area contributed by atoms with Gasteiger partial charge in [-0.2, -0.15) is 11.3 Å². The van der Waals surface area contributed by atoms with Gasteiger partial charge < -0.3 is 4.98 Å². The molecule has 2 aliphatic rings. The Bertz CT molecular complexity index is 1650. The summed E-state index contributed by atoms with van der Waals surface area (Å²) in [6, 6.07) is 8.54. The lowest BCUT2D eigenvalue weighted by molar-refractivity contribution is 0.0132. The van der Waals surface area contributed by atoms with E-state index < -0.39 is 5.92 Å². The van der Waals surface area contributed by atoms with Gasteiger partial charge in [0.15, 0.2) is 5.82 Å². The number of imidazole rings is 1. The predicted molar refractivity (Wildman–Crippen MR) is 167 cm³/mol. The maximum Gasteiger partial charge on any atom is 0.261 e. The first-order chi connectivity index (χ1) is 18.9. The molecular formula is C30H28F2IN5S. The lowest BCUT2D eigenvalue weighted by Crippen LogP contribution is -2.27. The number of aryl methyl sites for hydroxylation is 1. The predicted octanol–water partition coefficient (Wildman–Crippen LogP) is 7.25. The van der Waals surface area contributed by atoms with Crippen molar-refractivity contribution in [2.45, 2.75) is 26.2 Å². The van der Waals surface area contributed by atoms with Crippen molar-refractivity contribution in [1.29, 1.82) is 0 Å². The fourth-order valence-corrected chi connectivity index (χ4v) is 7.65. The van der Waals surface area contributed by atoms with Gasteiger partial charge in [0.2, 0.25) is 0 Å². The van der Waals surface area contributed by atoms with Gasteiger partial charge in [0.25, 0.3) is 5.92 Å². The minimum atomic E-state index is -2.57. The standard InChI is InChI=1S/C30H28F2IN5S/c1-3-35-28(29-36-26-15-34-14-25(27(26)37-29)22-6-9-39-17-22)24-11-21(5-4-19(24)2)23-10-20(12-33-13-23)16-38-8-7-30(31,32)18-38/h4-6,9-15,17H,3,7-8,16,18H2,1-2H3,(H,36,37). The monoisotopic (exact) mass is 655 g/mol. The lowest BCUT2D eigenvalue weighted by Gasteiger charge is -2.18. The number of alkyl halides is 2. The van der Waals surface area contributed by atoms with E-state index in [0.29, 0.717) is 19.6 Å². The SMILES string of the molecule is CCN=C(c1nc2c(-c3ccsc3)cncc2[nH]1)c1cc(C2=CI=CC(CN3CCC(F)(F)C3)=C2)ccc1C. The van der Waals surface area contributed by atoms with Gasteiger partial charge in [-0.3, -0.25) is 14.9 Å². The third-order valence-corrected chi connectivity index (χ3v) is 9.85. The molecule has 0 unspecified atom stereocenters. The highest BCUT2D eigenvalue weighted by atomic mass is 127. The van der Waals surface area contributed by atoms with Crippen molar-refractivity contribution in [2.75, 3.05) is 26.2 Å². The van der Waals surface area contributed by atoms with Crippen LogP contribution in [-0.2, 0) is 0 Å². The van der Waals surface area contributed by atoms with Crippen LogP contribution in [0.4, 0.5) is 8.78 Å². The number of nitrogens with one attached hydrogen (secondary N) is 1. The fourth-order valence-electron chi connectivity index (χ4n) is 5.05. The summed E-state index contributed by atoms with van der Waals surface area (Å²) >= 11 is 1.37. The van der Waals surface area contributed by atoms with Gasteiger partial charge in [-0.05, 0) is 78.7 Å². The number of benzene rings is 1. The van der Waals surface area contributed by atoms with Crippen molar-refractivity contribution >= 4 is 58.4 Å². The molecule has 2 aliphatic heterocycles. The Morgan fingerprint density at radius 3 is 2.90 bits per heavy atom. The highest BCUT2D eigenvalue weighted by molar-refractivity contribution is 14.2. The van der Waals surface area contributed by atoms with Gasteiger partial charge in [0.1, 0.15) is 11.2 Å². The zero-order valence-electron chi connectivity index (χ0n) is 21.7. The zero-order valence-corrected chi connectivity index (χ0v) is 24.7. The molecule has 1 aromatic carbocycles. The summed E-state index contributed by atoms with van der Waals surface area (Å²) in [6.07, 6.45) is 5.78. The van der Waals surface area contributed by atoms with Gasteiger partial charge in [0, 0.05) is 43.4 Å². The van der Waals surface area contributed by atoms with Crippen molar-refractivity contribution in [3.05, 3.63) is 85.7 Å². The number of halogens is 3. The van der Waals surface area contributed by atoms with E-state index in [4.69, 9.17) is 9.98 Å². The highest BCUT2D eigenvalue weighted by Gasteiger charge is 2.38. The van der Waals surface area contributed by atoms with Crippen LogP contribution in [0.15, 0.2) is 68.1 Å². The Kier molecular flexibility index (Phi) is 7.39. The largest absolute Gasteiger partial charge is 0.335 e. The van der Waals surface area contributed by atoms with E-state index in [9.17, 15) is 8.78 Å². The molecule has 0 spiro atoms. The molecule has 0 aliphatic carbocycles. The minimum absolute atomic E-state index is 0.0501. The summed E-state index contributed by atoms with van der Waals surface area (Å²) in [6.45, 7) is 5.62. The molecule has 5 nitrogen and oxygen atoms in total. The highest BCUT2D eigenvalue weighted by Crippen LogP contribution is 2.32. The third kappa shape index (κ3) is 5.57. The number of hydrogen-bond donors (Lipinski definition) is 1. The van der Waals surface area contributed by atoms with Crippen molar-refractivity contribution < 1.29 is 8.78 Å². The summed E-state index contributed by atoms with van der Waals surface area (Å²) in [7, 11) is 0. The number of nitrogens with zero attached hydrogens (tertiary/aromatic N) is 4. The number of hydrogen-bond acceptors (Lipinski definition) is 5. The first-order valence-electron chi connectivity index (χ1n) is 12.9. The van der Waals surface area contributed by atoms with E-state index in [1.807, 2.05) is 24.2 Å². The van der Waals surface area contributed by atoms with Crippen LogP contribution in [0.3, 0.4) is 0 Å². The van der Waals surface area contributed by atoms with Crippen LogP contribution < -0.4 is 0 Å². The van der Waals surface area contributed by atoms with Crippen LogP contribution in [0.2, 0.25) is 0 Å². The Morgan fingerprint density at radius 2 is 2.13 bits per heavy atom. The summed E-state index contributed by atoms with van der Waals surface area (Å²) in [5.74, 6) is -1.85. The van der Waals surface area contributed by atoms with Crippen molar-refractivity contribution in [1.82, 2.24) is 19.9 Å². The van der Waals surface area contributed by atoms with Crippen LogP contribution in [0.1, 0.15) is 35.9 Å². The van der Waals surface area contributed by atoms with Crippen LogP contribution in [0.5, 0.6) is 0 Å². The summed E-state index contributed by atoms with van der Waals surface area (Å²) < 4.78 is 32.0. The van der Waals surface area contributed by atoms with Gasteiger partial charge in [-0.15, -0.1) is 0 Å². The number of rotatable bonds is 7. The molecule has 5 heterocycles. The van der Waals surface area contributed by atoms with E-state index in [-0.39, 0.29) is 33.7 Å². The molecule has 0 saturated carbocycles. The quantitative estimate of drug-likeness (QED) is 0.169. The van der Waals surface area contributed by atoms with E-state index in [2.05, 4.69) is 66.1 Å². The average Bonchev–Trinajstić information content (AvgIpc) is 3.68. The number of allylic oxidation sites excluding steroid dienone is 2. The normalized spacial score (nSPS) is 17.8. The molecule has 0 amide bonds. The molecule has 200 valence electrons. The maximum atomic E-state index is 13.7. The Morgan fingerprint density at radius 1 is 1.23 bits per heavy atom. The van der Waals surface area contributed by atoms with E-state index in [1.165, 1.54) is 0 Å². The first kappa shape index (κ1) is 26.3. The lowest BCUT2D eigenvalue weighted by atomic mass is 9.96. The molecule has 0 bridgehead atoms. The smallest absolute Gasteiger partial charge is 0.261 e. The van der Waals surface area contributed by atoms with E-state index in [0.717, 1.165) is 61.5 Å². The molecule has 6 rings (SSSR count). The number of pyridine rings is 1. The van der Waals surface area contributed by atoms with Crippen molar-refractivity contribution in [3.8, 4) is 11.1 Å². The number of aliphatic imine (C=N–C) groups is 1. The van der Waals surface area contributed by atoms with Gasteiger partial charge in [0.05, 0.1) is 18.3 Å². The maximum absolute atomic E-state index is 13.7. The molecule has 1 fully saturated rings. The second kappa shape index (κ2) is 10.9. The van der Waals surface area contributed by atoms with Gasteiger partial charge in [-0.1, -0.05) is 32.9 Å². The molecule has 4 aromatic rings. The second-order valence-electron chi connectivity index (χ2n) is 9.87. The first-order valence-corrected chi connectivity index (χ1v) is 16.3. The minimum Gasteiger partial charge on any atom is -0.335 e. The summed E-state index contributed by atoms with van der Waals surface area (Å²) in [5.41, 5.74) is 10.2. The molecular weight excluding hydrogens is 627 g/mol. The number of likely N-dealkylation sites (tertiary alicyclic amines) is 1. The van der Waals surface area contributed by atoms with Crippen molar-refractivity contribution in [3.63, 3.8) is 0 Å². The van der Waals surface area contributed by atoms with Gasteiger partial charge in [-0.25, -0.2) is 13.8 Å². The molecule has 1 saturated heterocycles. The third-order valence-electron chi connectivity index (χ3n) is 6.97. The second-order valence-corrected chi connectivity index (χ2v) is 12.6. The zero-order chi connectivity index (χ0) is 27.0. The van der Waals surface area contributed by atoms with E-state index >= 15 is 0 Å².